The van der Waals surface area contributed by atoms with Crippen LogP contribution in [0.2, 0.25) is 0 Å². The van der Waals surface area contributed by atoms with Crippen LogP contribution in [0.3, 0.4) is 0 Å². The van der Waals surface area contributed by atoms with E-state index < -0.39 is 0 Å². The van der Waals surface area contributed by atoms with Crippen molar-refractivity contribution in [2.45, 2.75) is 6.42 Å². The van der Waals surface area contributed by atoms with Gasteiger partial charge in [0, 0.05) is 30.8 Å². The Morgan fingerprint density at radius 1 is 1.35 bits per heavy atom. The van der Waals surface area contributed by atoms with Gasteiger partial charge in [0.25, 0.3) is 0 Å². The van der Waals surface area contributed by atoms with Crippen LogP contribution in [0.4, 0.5) is 17.2 Å². The van der Waals surface area contributed by atoms with Crippen LogP contribution in [0.5, 0.6) is 0 Å². The van der Waals surface area contributed by atoms with Crippen LogP contribution in [0.15, 0.2) is 30.6 Å². The molecule has 0 aliphatic carbocycles. The van der Waals surface area contributed by atoms with Crippen LogP contribution in [0, 0.1) is 11.3 Å². The number of fused-ring (bicyclic) bond motifs is 1. The molecule has 3 rings (SSSR count). The maximum atomic E-state index is 11.6. The lowest BCUT2D eigenvalue weighted by atomic mass is 10.1. The van der Waals surface area contributed by atoms with Crippen LogP contribution in [0.1, 0.15) is 11.3 Å². The fourth-order valence-corrected chi connectivity index (χ4v) is 2.20. The maximum absolute atomic E-state index is 11.6. The Kier molecular flexibility index (Phi) is 2.80. The van der Waals surface area contributed by atoms with Crippen molar-refractivity contribution in [3.05, 3.63) is 41.9 Å². The number of amides is 1. The van der Waals surface area contributed by atoms with Gasteiger partial charge in [-0.15, -0.1) is 0 Å². The van der Waals surface area contributed by atoms with Gasteiger partial charge in [-0.3, -0.25) is 4.79 Å². The van der Waals surface area contributed by atoms with E-state index in [0.29, 0.717) is 12.2 Å². The Labute approximate surface area is 115 Å². The van der Waals surface area contributed by atoms with E-state index in [1.807, 2.05) is 24.3 Å². The highest BCUT2D eigenvalue weighted by molar-refractivity contribution is 6.01. The van der Waals surface area contributed by atoms with Crippen molar-refractivity contribution in [3.8, 4) is 6.07 Å². The molecule has 1 aliphatic heterocycles. The van der Waals surface area contributed by atoms with Crippen LogP contribution < -0.4 is 10.2 Å². The molecule has 98 valence electrons. The number of carbonyl (C=O) groups excluding carboxylic acids is 1. The molecule has 0 fully saturated rings. The molecular formula is C14H11N5O. The number of nitrogens with zero attached hydrogens (tertiary/aromatic N) is 4. The Bertz CT molecular complexity index is 735. The van der Waals surface area contributed by atoms with Gasteiger partial charge in [-0.2, -0.15) is 5.26 Å². The summed E-state index contributed by atoms with van der Waals surface area (Å²) < 4.78 is 0. The van der Waals surface area contributed by atoms with Gasteiger partial charge in [0.1, 0.15) is 6.07 Å². The van der Waals surface area contributed by atoms with Gasteiger partial charge in [-0.25, -0.2) is 9.97 Å². The zero-order valence-corrected chi connectivity index (χ0v) is 10.8. The van der Waals surface area contributed by atoms with Crippen LogP contribution in [0.25, 0.3) is 0 Å². The zero-order chi connectivity index (χ0) is 14.1. The van der Waals surface area contributed by atoms with Gasteiger partial charge >= 0.3 is 0 Å². The number of rotatable bonds is 2. The monoisotopic (exact) mass is 265 g/mol. The molecule has 1 aromatic heterocycles. The van der Waals surface area contributed by atoms with Crippen molar-refractivity contribution in [1.82, 2.24) is 9.97 Å². The van der Waals surface area contributed by atoms with E-state index in [4.69, 9.17) is 5.26 Å². The third-order valence-electron chi connectivity index (χ3n) is 3.22. The van der Waals surface area contributed by atoms with Gasteiger partial charge in [-0.05, 0) is 23.8 Å². The van der Waals surface area contributed by atoms with E-state index >= 15 is 0 Å². The lowest BCUT2D eigenvalue weighted by molar-refractivity contribution is -0.117. The number of carbonyl (C=O) groups is 1. The number of aromatic nitrogens is 2. The number of hydrogen-bond donors (Lipinski definition) is 1. The van der Waals surface area contributed by atoms with Crippen LogP contribution in [-0.4, -0.2) is 22.9 Å². The second kappa shape index (κ2) is 4.63. The normalized spacial score (nSPS) is 13.0. The minimum atomic E-state index is 0.0781. The van der Waals surface area contributed by atoms with Gasteiger partial charge in [0.05, 0.1) is 6.42 Å². The SMILES string of the molecule is CN1C(=O)Cc2cc(Nc3nccnc3C#N)ccc21. The zero-order valence-electron chi connectivity index (χ0n) is 10.8. The minimum absolute atomic E-state index is 0.0781. The first-order valence-electron chi connectivity index (χ1n) is 6.06. The van der Waals surface area contributed by atoms with Crippen molar-refractivity contribution >= 4 is 23.1 Å². The smallest absolute Gasteiger partial charge is 0.231 e. The number of anilines is 3. The molecule has 0 spiro atoms. The molecular weight excluding hydrogens is 254 g/mol. The molecule has 0 radical (unpaired) electrons. The summed E-state index contributed by atoms with van der Waals surface area (Å²) in [6.07, 6.45) is 3.39. The Morgan fingerprint density at radius 3 is 2.95 bits per heavy atom. The fourth-order valence-electron chi connectivity index (χ4n) is 2.20. The first-order chi connectivity index (χ1) is 9.69. The third kappa shape index (κ3) is 1.95. The second-order valence-electron chi connectivity index (χ2n) is 4.46. The van der Waals surface area contributed by atoms with E-state index in [0.717, 1.165) is 16.9 Å². The number of hydrogen-bond acceptors (Lipinski definition) is 5. The summed E-state index contributed by atoms with van der Waals surface area (Å²) in [5.74, 6) is 0.488. The average Bonchev–Trinajstić information content (AvgIpc) is 2.74. The molecule has 0 bridgehead atoms. The molecule has 0 saturated carbocycles. The predicted octanol–water partition coefficient (Wildman–Crippen LogP) is 1.61. The summed E-state index contributed by atoms with van der Waals surface area (Å²) in [6, 6.07) is 7.61. The molecule has 1 amide bonds. The molecule has 0 unspecified atom stereocenters. The topological polar surface area (TPSA) is 81.9 Å². The van der Waals surface area contributed by atoms with Crippen molar-refractivity contribution in [1.29, 1.82) is 5.26 Å². The summed E-state index contributed by atoms with van der Waals surface area (Å²) in [5, 5.41) is 12.0. The number of nitriles is 1. The molecule has 2 aromatic rings. The van der Waals surface area contributed by atoms with Crippen molar-refractivity contribution in [3.63, 3.8) is 0 Å². The minimum Gasteiger partial charge on any atom is -0.338 e. The first kappa shape index (κ1) is 12.1. The molecule has 1 N–H and O–H groups in total. The summed E-state index contributed by atoms with van der Waals surface area (Å²) in [6.45, 7) is 0. The highest BCUT2D eigenvalue weighted by Gasteiger charge is 2.23. The predicted molar refractivity (Wildman–Crippen MR) is 73.6 cm³/mol. The van der Waals surface area contributed by atoms with Crippen molar-refractivity contribution in [2.75, 3.05) is 17.3 Å². The highest BCUT2D eigenvalue weighted by Crippen LogP contribution is 2.30. The number of likely N-dealkylation sites (N-methyl/N-ethyl adjacent to an activating group) is 1. The Hall–Kier alpha value is -2.94. The summed E-state index contributed by atoms with van der Waals surface area (Å²) >= 11 is 0. The van der Waals surface area contributed by atoms with Crippen molar-refractivity contribution < 1.29 is 4.79 Å². The highest BCUT2D eigenvalue weighted by atomic mass is 16.2. The fraction of sp³-hybridized carbons (Fsp3) is 0.143. The Morgan fingerprint density at radius 2 is 2.15 bits per heavy atom. The molecule has 6 heteroatoms. The lowest BCUT2D eigenvalue weighted by Gasteiger charge is -2.11. The van der Waals surface area contributed by atoms with E-state index in [-0.39, 0.29) is 11.6 Å². The second-order valence-corrected chi connectivity index (χ2v) is 4.46. The van der Waals surface area contributed by atoms with E-state index in [1.54, 1.807) is 11.9 Å². The number of benzene rings is 1. The van der Waals surface area contributed by atoms with Gasteiger partial charge < -0.3 is 10.2 Å². The average molecular weight is 265 g/mol. The molecule has 0 saturated heterocycles. The molecule has 1 aliphatic rings. The third-order valence-corrected chi connectivity index (χ3v) is 3.22. The Balaban J connectivity index is 1.92. The summed E-state index contributed by atoms with van der Waals surface area (Å²) in [5.41, 5.74) is 2.90. The van der Waals surface area contributed by atoms with E-state index in [1.165, 1.54) is 12.4 Å². The van der Waals surface area contributed by atoms with Crippen LogP contribution >= 0.6 is 0 Å². The largest absolute Gasteiger partial charge is 0.338 e. The van der Waals surface area contributed by atoms with Gasteiger partial charge in [0.15, 0.2) is 11.5 Å². The first-order valence-corrected chi connectivity index (χ1v) is 6.06. The molecule has 20 heavy (non-hydrogen) atoms. The van der Waals surface area contributed by atoms with Gasteiger partial charge in [-0.1, -0.05) is 0 Å². The van der Waals surface area contributed by atoms with Gasteiger partial charge in [0.2, 0.25) is 5.91 Å². The molecule has 0 atom stereocenters. The molecule has 6 nitrogen and oxygen atoms in total. The molecule has 2 heterocycles. The summed E-state index contributed by atoms with van der Waals surface area (Å²) in [4.78, 5) is 21.3. The maximum Gasteiger partial charge on any atom is 0.231 e. The standard InChI is InChI=1S/C14H11N5O/c1-19-12-3-2-10(6-9(12)7-13(19)20)18-14-11(8-15)16-4-5-17-14/h2-6H,7H2,1H3,(H,17,18). The quantitative estimate of drug-likeness (QED) is 0.892. The number of nitrogens with one attached hydrogen (secondary N) is 1. The van der Waals surface area contributed by atoms with Crippen LogP contribution in [-0.2, 0) is 11.2 Å². The molecule has 1 aromatic carbocycles. The van der Waals surface area contributed by atoms with E-state index in [2.05, 4.69) is 15.3 Å². The van der Waals surface area contributed by atoms with E-state index in [9.17, 15) is 4.79 Å². The van der Waals surface area contributed by atoms with Crippen molar-refractivity contribution in [2.24, 2.45) is 0 Å². The summed E-state index contributed by atoms with van der Waals surface area (Å²) in [7, 11) is 1.76. The lowest BCUT2D eigenvalue weighted by Crippen LogP contribution is -2.20.